The number of sulfonamides is 1. The Bertz CT molecular complexity index is 1360. The predicted octanol–water partition coefficient (Wildman–Crippen LogP) is 5.52. The van der Waals surface area contributed by atoms with Crippen LogP contribution >= 0.6 is 11.6 Å². The number of ether oxygens (including phenoxy) is 2. The lowest BCUT2D eigenvalue weighted by Gasteiger charge is -2.25. The Hall–Kier alpha value is -3.44. The number of nitrogens with one attached hydrogen (secondary N) is 1. The highest BCUT2D eigenvalue weighted by molar-refractivity contribution is 7.93. The summed E-state index contributed by atoms with van der Waals surface area (Å²) in [6.45, 7) is 0.994. The lowest BCUT2D eigenvalue weighted by Crippen LogP contribution is -2.38. The molecule has 0 saturated heterocycles. The number of anilines is 2. The lowest BCUT2D eigenvalue weighted by atomic mass is 10.2. The highest BCUT2D eigenvalue weighted by Crippen LogP contribution is 2.35. The Labute approximate surface area is 211 Å². The molecule has 3 aromatic rings. The lowest BCUT2D eigenvalue weighted by molar-refractivity contribution is -0.137. The fourth-order valence-electron chi connectivity index (χ4n) is 3.30. The van der Waals surface area contributed by atoms with E-state index in [0.717, 1.165) is 28.6 Å². The number of halogens is 4. The molecule has 0 unspecified atom stereocenters. The van der Waals surface area contributed by atoms with Gasteiger partial charge in [0, 0.05) is 5.69 Å². The van der Waals surface area contributed by atoms with Crippen LogP contribution in [0.2, 0.25) is 5.02 Å². The minimum Gasteiger partial charge on any atom is -0.495 e. The summed E-state index contributed by atoms with van der Waals surface area (Å²) in [5.41, 5.74) is -0.126. The number of hydrogen-bond acceptors (Lipinski definition) is 5. The molecule has 7 nitrogen and oxygen atoms in total. The Morgan fingerprint density at radius 2 is 1.58 bits per heavy atom. The molecule has 0 spiro atoms. The molecule has 0 saturated carbocycles. The first-order valence-corrected chi connectivity index (χ1v) is 12.2. The van der Waals surface area contributed by atoms with E-state index in [1.807, 2.05) is 0 Å². The number of alkyl halides is 3. The van der Waals surface area contributed by atoms with Gasteiger partial charge >= 0.3 is 6.18 Å². The molecule has 0 aromatic heterocycles. The third-order valence-electron chi connectivity index (χ3n) is 5.09. The van der Waals surface area contributed by atoms with Crippen molar-refractivity contribution in [3.8, 4) is 11.5 Å². The number of amides is 1. The summed E-state index contributed by atoms with van der Waals surface area (Å²) >= 11 is 6.21. The molecule has 0 aliphatic rings. The molecule has 3 rings (SSSR count). The SMILES string of the molecule is COc1ccc(N(CC(=O)Nc2ccc(C(F)(F)F)cc2)S(=O)(=O)c2cc(C)ccc2OC)cc1Cl. The molecular formula is C24H22ClF3N2O5S. The summed E-state index contributed by atoms with van der Waals surface area (Å²) in [6.07, 6.45) is -4.53. The number of nitrogens with zero attached hydrogens (tertiary/aromatic N) is 1. The van der Waals surface area contributed by atoms with Gasteiger partial charge in [0.2, 0.25) is 5.91 Å². The number of aryl methyl sites for hydroxylation is 1. The van der Waals surface area contributed by atoms with E-state index in [0.29, 0.717) is 11.3 Å². The molecule has 0 aliphatic carbocycles. The van der Waals surface area contributed by atoms with E-state index in [4.69, 9.17) is 21.1 Å². The van der Waals surface area contributed by atoms with E-state index < -0.39 is 34.2 Å². The van der Waals surface area contributed by atoms with E-state index in [1.54, 1.807) is 13.0 Å². The maximum absolute atomic E-state index is 13.7. The molecule has 0 heterocycles. The van der Waals surface area contributed by atoms with Gasteiger partial charge in [0.1, 0.15) is 22.9 Å². The van der Waals surface area contributed by atoms with E-state index in [2.05, 4.69) is 5.32 Å². The van der Waals surface area contributed by atoms with Gasteiger partial charge in [-0.1, -0.05) is 17.7 Å². The van der Waals surface area contributed by atoms with Gasteiger partial charge < -0.3 is 14.8 Å². The molecule has 3 aromatic carbocycles. The molecular weight excluding hydrogens is 521 g/mol. The molecule has 0 atom stereocenters. The van der Waals surface area contributed by atoms with Crippen LogP contribution in [0, 0.1) is 6.92 Å². The maximum Gasteiger partial charge on any atom is 0.416 e. The van der Waals surface area contributed by atoms with Crippen LogP contribution in [-0.4, -0.2) is 35.1 Å². The zero-order valence-electron chi connectivity index (χ0n) is 19.4. The Kier molecular flexibility index (Phi) is 8.05. The van der Waals surface area contributed by atoms with Crippen LogP contribution in [-0.2, 0) is 21.0 Å². The molecule has 0 aliphatic heterocycles. The third kappa shape index (κ3) is 6.03. The van der Waals surface area contributed by atoms with Crippen LogP contribution in [0.25, 0.3) is 0 Å². The first kappa shape index (κ1) is 27.2. The second-order valence-corrected chi connectivity index (χ2v) is 9.85. The fraction of sp³-hybridized carbons (Fsp3) is 0.208. The van der Waals surface area contributed by atoms with Crippen molar-refractivity contribution in [3.05, 3.63) is 76.8 Å². The highest BCUT2D eigenvalue weighted by Gasteiger charge is 2.32. The normalized spacial score (nSPS) is 11.6. The largest absolute Gasteiger partial charge is 0.495 e. The number of hydrogen-bond donors (Lipinski definition) is 1. The van der Waals surface area contributed by atoms with Crippen LogP contribution in [0.1, 0.15) is 11.1 Å². The molecule has 12 heteroatoms. The molecule has 192 valence electrons. The predicted molar refractivity (Wildman–Crippen MR) is 130 cm³/mol. The molecule has 36 heavy (non-hydrogen) atoms. The van der Waals surface area contributed by atoms with E-state index >= 15 is 0 Å². The Morgan fingerprint density at radius 3 is 2.14 bits per heavy atom. The monoisotopic (exact) mass is 542 g/mol. The number of carbonyl (C=O) groups excluding carboxylic acids is 1. The second-order valence-electron chi connectivity index (χ2n) is 7.61. The number of carbonyl (C=O) groups is 1. The van der Waals surface area contributed by atoms with Crippen LogP contribution < -0.4 is 19.1 Å². The Morgan fingerprint density at radius 1 is 0.972 bits per heavy atom. The topological polar surface area (TPSA) is 84.9 Å². The van der Waals surface area contributed by atoms with Gasteiger partial charge in [-0.25, -0.2) is 8.42 Å². The summed E-state index contributed by atoms with van der Waals surface area (Å²) < 4.78 is 77.1. The zero-order chi connectivity index (χ0) is 26.7. The Balaban J connectivity index is 2.00. The summed E-state index contributed by atoms with van der Waals surface area (Å²) in [5.74, 6) is -0.439. The molecule has 0 radical (unpaired) electrons. The first-order valence-electron chi connectivity index (χ1n) is 10.3. The number of rotatable bonds is 8. The van der Waals surface area contributed by atoms with Crippen molar-refractivity contribution < 1.29 is 35.9 Å². The van der Waals surface area contributed by atoms with Crippen molar-refractivity contribution in [2.24, 2.45) is 0 Å². The van der Waals surface area contributed by atoms with Crippen LogP contribution in [0.4, 0.5) is 24.5 Å². The van der Waals surface area contributed by atoms with Crippen molar-refractivity contribution in [3.63, 3.8) is 0 Å². The van der Waals surface area contributed by atoms with Gasteiger partial charge in [0.15, 0.2) is 0 Å². The van der Waals surface area contributed by atoms with E-state index in [1.165, 1.54) is 44.6 Å². The summed E-state index contributed by atoms with van der Waals surface area (Å²) in [6, 6.07) is 12.5. The van der Waals surface area contributed by atoms with Crippen molar-refractivity contribution in [2.45, 2.75) is 18.0 Å². The van der Waals surface area contributed by atoms with Gasteiger partial charge in [-0.3, -0.25) is 9.10 Å². The van der Waals surface area contributed by atoms with Crippen molar-refractivity contribution in [2.75, 3.05) is 30.4 Å². The van der Waals surface area contributed by atoms with Gasteiger partial charge in [0.05, 0.1) is 30.5 Å². The van der Waals surface area contributed by atoms with Crippen LogP contribution in [0.15, 0.2) is 65.6 Å². The minimum atomic E-state index is -4.53. The highest BCUT2D eigenvalue weighted by atomic mass is 35.5. The summed E-state index contributed by atoms with van der Waals surface area (Å²) in [7, 11) is -1.66. The molecule has 1 amide bonds. The van der Waals surface area contributed by atoms with E-state index in [9.17, 15) is 26.4 Å². The zero-order valence-corrected chi connectivity index (χ0v) is 21.0. The minimum absolute atomic E-state index is 0.0613. The molecule has 0 bridgehead atoms. The third-order valence-corrected chi connectivity index (χ3v) is 7.18. The standard InChI is InChI=1S/C24H22ClF3N2O5S/c1-15-4-10-21(35-3)22(12-15)36(32,33)30(18-9-11-20(34-2)19(25)13-18)14-23(31)29-17-7-5-16(6-8-17)24(26,27)28/h4-13H,14H2,1-3H3,(H,29,31). The van der Waals surface area contributed by atoms with Gasteiger partial charge in [-0.15, -0.1) is 0 Å². The summed E-state index contributed by atoms with van der Waals surface area (Å²) in [5, 5.41) is 2.53. The van der Waals surface area contributed by atoms with Crippen LogP contribution in [0.3, 0.4) is 0 Å². The number of methoxy groups -OCH3 is 2. The second kappa shape index (κ2) is 10.7. The average Bonchev–Trinajstić information content (AvgIpc) is 2.82. The number of benzene rings is 3. The van der Waals surface area contributed by atoms with Crippen molar-refractivity contribution in [1.29, 1.82) is 0 Å². The molecule has 1 N–H and O–H groups in total. The quantitative estimate of drug-likeness (QED) is 0.405. The average molecular weight is 543 g/mol. The van der Waals surface area contributed by atoms with Gasteiger partial charge in [-0.05, 0) is 67.1 Å². The van der Waals surface area contributed by atoms with Crippen molar-refractivity contribution in [1.82, 2.24) is 0 Å². The van der Waals surface area contributed by atoms with Crippen molar-refractivity contribution >= 4 is 38.9 Å². The van der Waals surface area contributed by atoms with Gasteiger partial charge in [-0.2, -0.15) is 13.2 Å². The van der Waals surface area contributed by atoms with E-state index in [-0.39, 0.29) is 27.0 Å². The maximum atomic E-state index is 13.7. The first-order chi connectivity index (χ1) is 16.9. The smallest absolute Gasteiger partial charge is 0.416 e. The summed E-state index contributed by atoms with van der Waals surface area (Å²) in [4.78, 5) is 12.7. The van der Waals surface area contributed by atoms with Crippen LogP contribution in [0.5, 0.6) is 11.5 Å². The van der Waals surface area contributed by atoms with Gasteiger partial charge in [0.25, 0.3) is 10.0 Å². The fourth-order valence-corrected chi connectivity index (χ4v) is 5.21. The molecule has 0 fully saturated rings.